The van der Waals surface area contributed by atoms with E-state index in [2.05, 4.69) is 5.32 Å². The maximum Gasteiger partial charge on any atom is 0.406 e. The molecule has 0 bridgehead atoms. The van der Waals surface area contributed by atoms with Crippen LogP contribution in [0.3, 0.4) is 0 Å². The molecule has 150 valence electrons. The minimum Gasteiger partial charge on any atom is -0.326 e. The van der Waals surface area contributed by atoms with Crippen molar-refractivity contribution in [1.29, 1.82) is 0 Å². The van der Waals surface area contributed by atoms with Gasteiger partial charge in [-0.05, 0) is 43.9 Å². The fraction of sp³-hybridized carbons (Fsp3) is 0.556. The highest BCUT2D eigenvalue weighted by Gasteiger charge is 2.41. The summed E-state index contributed by atoms with van der Waals surface area (Å²) in [4.78, 5) is 25.7. The molecule has 0 heterocycles. The number of quaternary nitrogens is 1. The van der Waals surface area contributed by atoms with Gasteiger partial charge in [0.2, 0.25) is 0 Å². The molecule has 0 saturated heterocycles. The van der Waals surface area contributed by atoms with E-state index in [-0.39, 0.29) is 24.7 Å². The van der Waals surface area contributed by atoms with Crippen molar-refractivity contribution in [2.24, 2.45) is 5.92 Å². The van der Waals surface area contributed by atoms with Gasteiger partial charge in [0.15, 0.2) is 13.1 Å². The van der Waals surface area contributed by atoms with Crippen molar-refractivity contribution in [2.45, 2.75) is 32.0 Å². The number of nitrogens with zero attached hydrogens (tertiary/aromatic N) is 1. The molecular weight excluding hydrogens is 366 g/mol. The summed E-state index contributed by atoms with van der Waals surface area (Å²) < 4.78 is 51.6. The van der Waals surface area contributed by atoms with Crippen LogP contribution in [0.5, 0.6) is 0 Å². The van der Waals surface area contributed by atoms with Crippen LogP contribution in [0, 0.1) is 11.7 Å². The van der Waals surface area contributed by atoms with E-state index in [1.807, 2.05) is 0 Å². The summed E-state index contributed by atoms with van der Waals surface area (Å²) in [6.45, 7) is -0.0107. The average molecular weight is 390 g/mol. The van der Waals surface area contributed by atoms with E-state index in [4.69, 9.17) is 0 Å². The predicted molar refractivity (Wildman–Crippen MR) is 91.6 cm³/mol. The van der Waals surface area contributed by atoms with Gasteiger partial charge in [-0.25, -0.2) is 4.39 Å². The van der Waals surface area contributed by atoms with Crippen molar-refractivity contribution < 1.29 is 32.1 Å². The predicted octanol–water partition coefficient (Wildman–Crippen LogP) is 1.47. The van der Waals surface area contributed by atoms with Gasteiger partial charge >= 0.3 is 6.18 Å². The van der Waals surface area contributed by atoms with Gasteiger partial charge in [-0.15, -0.1) is 0 Å². The van der Waals surface area contributed by atoms with Gasteiger partial charge in [0.05, 0.1) is 7.05 Å². The highest BCUT2D eigenvalue weighted by Crippen LogP contribution is 2.36. The molecule has 0 aromatic heterocycles. The second kappa shape index (κ2) is 8.69. The van der Waals surface area contributed by atoms with Gasteiger partial charge in [-0.3, -0.25) is 9.59 Å². The van der Waals surface area contributed by atoms with Crippen LogP contribution >= 0.6 is 0 Å². The van der Waals surface area contributed by atoms with Gasteiger partial charge in [0.25, 0.3) is 11.8 Å². The fourth-order valence-corrected chi connectivity index (χ4v) is 2.95. The van der Waals surface area contributed by atoms with E-state index in [1.165, 1.54) is 18.2 Å². The molecule has 0 aliphatic heterocycles. The monoisotopic (exact) mass is 390 g/mol. The van der Waals surface area contributed by atoms with E-state index < -0.39 is 36.4 Å². The molecule has 2 rings (SSSR count). The van der Waals surface area contributed by atoms with E-state index in [9.17, 15) is 27.2 Å². The van der Waals surface area contributed by atoms with Crippen LogP contribution in [-0.2, 0) is 9.59 Å². The highest BCUT2D eigenvalue weighted by atomic mass is 19.4. The summed E-state index contributed by atoms with van der Waals surface area (Å²) in [5, 5.41) is 2.50. The standard InChI is InChI=1S/C18H23F4N3O2/c1-12(13-6-7-13)25(11-18(20,21)22)17(27)10-24(2)9-16(26)23-15-5-3-4-14(19)8-15/h3-5,8,12-13H,6-7,9-11H2,1-2H3,(H,23,26)/p+1/t12-/m1/s1. The lowest BCUT2D eigenvalue weighted by Gasteiger charge is -2.30. The summed E-state index contributed by atoms with van der Waals surface area (Å²) >= 11 is 0. The lowest BCUT2D eigenvalue weighted by molar-refractivity contribution is -0.862. The Morgan fingerprint density at radius 3 is 2.52 bits per heavy atom. The summed E-state index contributed by atoms with van der Waals surface area (Å²) in [6, 6.07) is 4.87. The average Bonchev–Trinajstić information content (AvgIpc) is 3.35. The molecule has 1 unspecified atom stereocenters. The zero-order valence-electron chi connectivity index (χ0n) is 15.3. The SMILES string of the molecule is C[C@H](C1CC1)N(CC(F)(F)F)C(=O)C[NH+](C)CC(=O)Nc1cccc(F)c1. The van der Waals surface area contributed by atoms with Crippen molar-refractivity contribution in [3.63, 3.8) is 0 Å². The Kier molecular flexibility index (Phi) is 6.80. The number of halogens is 4. The smallest absolute Gasteiger partial charge is 0.326 e. The minimum atomic E-state index is -4.47. The number of alkyl halides is 3. The third kappa shape index (κ3) is 7.16. The Morgan fingerprint density at radius 2 is 1.96 bits per heavy atom. The van der Waals surface area contributed by atoms with Gasteiger partial charge in [-0.1, -0.05) is 6.07 Å². The number of hydrogen-bond acceptors (Lipinski definition) is 2. The van der Waals surface area contributed by atoms with Crippen molar-refractivity contribution >= 4 is 17.5 Å². The number of likely N-dealkylation sites (N-methyl/N-ethyl adjacent to an activating group) is 1. The van der Waals surface area contributed by atoms with E-state index in [0.717, 1.165) is 23.8 Å². The molecule has 1 aliphatic carbocycles. The molecular formula is C18H24F4N3O2+. The molecule has 1 saturated carbocycles. The lowest BCUT2D eigenvalue weighted by Crippen LogP contribution is -3.11. The number of anilines is 1. The minimum absolute atomic E-state index is 0.105. The number of benzene rings is 1. The molecule has 2 atom stereocenters. The Hall–Kier alpha value is -2.16. The van der Waals surface area contributed by atoms with Gasteiger partial charge in [0, 0.05) is 11.7 Å². The largest absolute Gasteiger partial charge is 0.406 e. The zero-order chi connectivity index (χ0) is 20.2. The van der Waals surface area contributed by atoms with Crippen LogP contribution in [0.4, 0.5) is 23.2 Å². The van der Waals surface area contributed by atoms with E-state index in [1.54, 1.807) is 14.0 Å². The van der Waals surface area contributed by atoms with E-state index >= 15 is 0 Å². The molecule has 0 radical (unpaired) electrons. The molecule has 5 nitrogen and oxygen atoms in total. The Labute approximate surface area is 155 Å². The van der Waals surface area contributed by atoms with Crippen LogP contribution in [0.1, 0.15) is 19.8 Å². The molecule has 2 amide bonds. The van der Waals surface area contributed by atoms with Crippen molar-refractivity contribution in [3.05, 3.63) is 30.1 Å². The number of carbonyl (C=O) groups excluding carboxylic acids is 2. The fourth-order valence-electron chi connectivity index (χ4n) is 2.95. The Balaban J connectivity index is 1.90. The first-order valence-corrected chi connectivity index (χ1v) is 8.78. The number of amides is 2. The van der Waals surface area contributed by atoms with Gasteiger partial charge < -0.3 is 15.1 Å². The van der Waals surface area contributed by atoms with Crippen LogP contribution < -0.4 is 10.2 Å². The summed E-state index contributed by atoms with van der Waals surface area (Å²) in [6.07, 6.45) is -2.83. The van der Waals surface area contributed by atoms with Crippen molar-refractivity contribution in [1.82, 2.24) is 4.90 Å². The topological polar surface area (TPSA) is 53.9 Å². The summed E-state index contributed by atoms with van der Waals surface area (Å²) in [7, 11) is 1.55. The first kappa shape index (κ1) is 21.1. The molecule has 9 heteroatoms. The molecule has 1 fully saturated rings. The maximum atomic E-state index is 13.1. The molecule has 1 aliphatic rings. The third-order valence-corrected chi connectivity index (χ3v) is 4.49. The molecule has 0 spiro atoms. The second-order valence-electron chi connectivity index (χ2n) is 7.08. The molecule has 27 heavy (non-hydrogen) atoms. The second-order valence-corrected chi connectivity index (χ2v) is 7.08. The summed E-state index contributed by atoms with van der Waals surface area (Å²) in [5.41, 5.74) is 0.278. The number of nitrogens with one attached hydrogen (secondary N) is 2. The normalized spacial score (nSPS) is 16.5. The Morgan fingerprint density at radius 1 is 1.30 bits per heavy atom. The third-order valence-electron chi connectivity index (χ3n) is 4.49. The summed E-state index contributed by atoms with van der Waals surface area (Å²) in [5.74, 6) is -1.49. The Bertz CT molecular complexity index is 677. The van der Waals surface area contributed by atoms with Crippen LogP contribution in [-0.4, -0.2) is 55.6 Å². The lowest BCUT2D eigenvalue weighted by atomic mass is 10.1. The molecule has 1 aromatic rings. The van der Waals surface area contributed by atoms with E-state index in [0.29, 0.717) is 4.90 Å². The van der Waals surface area contributed by atoms with Crippen molar-refractivity contribution in [2.75, 3.05) is 32.0 Å². The number of rotatable bonds is 8. The van der Waals surface area contributed by atoms with Gasteiger partial charge in [0.1, 0.15) is 12.4 Å². The highest BCUT2D eigenvalue weighted by molar-refractivity contribution is 5.91. The van der Waals surface area contributed by atoms with Crippen molar-refractivity contribution in [3.8, 4) is 0 Å². The van der Waals surface area contributed by atoms with Crippen LogP contribution in [0.2, 0.25) is 0 Å². The van der Waals surface area contributed by atoms with Crippen LogP contribution in [0.15, 0.2) is 24.3 Å². The molecule has 1 aromatic carbocycles. The zero-order valence-corrected chi connectivity index (χ0v) is 15.3. The first-order chi connectivity index (χ1) is 12.5. The van der Waals surface area contributed by atoms with Gasteiger partial charge in [-0.2, -0.15) is 13.2 Å². The quantitative estimate of drug-likeness (QED) is 0.661. The number of carbonyl (C=O) groups is 2. The van der Waals surface area contributed by atoms with Crippen LogP contribution in [0.25, 0.3) is 0 Å². The molecule has 2 N–H and O–H groups in total. The first-order valence-electron chi connectivity index (χ1n) is 8.78. The maximum absolute atomic E-state index is 13.1. The number of hydrogen-bond donors (Lipinski definition) is 2.